The quantitative estimate of drug-likeness (QED) is 0.421. The van der Waals surface area contributed by atoms with E-state index in [4.69, 9.17) is 9.47 Å². The van der Waals surface area contributed by atoms with Crippen LogP contribution in [0.4, 0.5) is 0 Å². The largest absolute Gasteiger partial charge is 0.379 e. The van der Waals surface area contributed by atoms with Crippen molar-refractivity contribution in [2.24, 2.45) is 5.92 Å². The Kier molecular flexibility index (Phi) is 6.20. The molecule has 0 N–H and O–H groups in total. The lowest BCUT2D eigenvalue weighted by atomic mass is 9.96. The third kappa shape index (κ3) is 5.61. The molecular formula is C12H24O2. The number of hydrogen-bond donors (Lipinski definition) is 0. The van der Waals surface area contributed by atoms with E-state index in [1.807, 2.05) is 0 Å². The normalized spacial score (nSPS) is 22.3. The fourth-order valence-electron chi connectivity index (χ4n) is 1.67. The Labute approximate surface area is 88.0 Å². The molecule has 0 amide bonds. The second-order valence-electron chi connectivity index (χ2n) is 4.24. The van der Waals surface area contributed by atoms with Gasteiger partial charge in [-0.1, -0.05) is 39.5 Å². The van der Waals surface area contributed by atoms with Crippen LogP contribution >= 0.6 is 0 Å². The highest BCUT2D eigenvalue weighted by Gasteiger charge is 2.22. The summed E-state index contributed by atoms with van der Waals surface area (Å²) < 4.78 is 10.6. The lowest BCUT2D eigenvalue weighted by Crippen LogP contribution is -2.08. The predicted molar refractivity (Wildman–Crippen MR) is 58.5 cm³/mol. The third-order valence-corrected chi connectivity index (χ3v) is 2.92. The molecule has 0 aromatic carbocycles. The minimum atomic E-state index is 0.422. The molecule has 2 heteroatoms. The molecule has 1 rings (SSSR count). The van der Waals surface area contributed by atoms with E-state index in [-0.39, 0.29) is 0 Å². The molecule has 0 bridgehead atoms. The van der Waals surface area contributed by atoms with Crippen LogP contribution in [0.1, 0.15) is 46.0 Å². The smallest absolute Gasteiger partial charge is 0.104 e. The standard InChI is InChI=1S/C12H24O2/c1-3-5-6-11(4-2)7-8-13-9-12-10-14-12/h11-12H,3-10H2,1-2H3. The van der Waals surface area contributed by atoms with E-state index in [0.717, 1.165) is 25.7 Å². The maximum absolute atomic E-state index is 5.54. The van der Waals surface area contributed by atoms with Gasteiger partial charge in [-0.2, -0.15) is 0 Å². The Bertz CT molecular complexity index is 132. The minimum absolute atomic E-state index is 0.422. The minimum Gasteiger partial charge on any atom is -0.379 e. The number of unbranched alkanes of at least 4 members (excludes halogenated alkanes) is 1. The molecule has 1 fully saturated rings. The highest BCUT2D eigenvalue weighted by atomic mass is 16.6. The molecule has 0 aromatic rings. The van der Waals surface area contributed by atoms with E-state index in [9.17, 15) is 0 Å². The number of ether oxygens (including phenoxy) is 2. The van der Waals surface area contributed by atoms with E-state index in [2.05, 4.69) is 13.8 Å². The van der Waals surface area contributed by atoms with Gasteiger partial charge in [-0.25, -0.2) is 0 Å². The van der Waals surface area contributed by atoms with Crippen molar-refractivity contribution in [3.05, 3.63) is 0 Å². The van der Waals surface area contributed by atoms with E-state index in [1.54, 1.807) is 0 Å². The van der Waals surface area contributed by atoms with Crippen LogP contribution in [0, 0.1) is 5.92 Å². The first-order valence-corrected chi connectivity index (χ1v) is 6.06. The summed E-state index contributed by atoms with van der Waals surface area (Å²) in [4.78, 5) is 0. The van der Waals surface area contributed by atoms with Gasteiger partial charge in [0, 0.05) is 6.61 Å². The highest BCUT2D eigenvalue weighted by molar-refractivity contribution is 4.67. The van der Waals surface area contributed by atoms with Crippen LogP contribution in [0.25, 0.3) is 0 Å². The third-order valence-electron chi connectivity index (χ3n) is 2.92. The van der Waals surface area contributed by atoms with Crippen molar-refractivity contribution in [2.75, 3.05) is 19.8 Å². The van der Waals surface area contributed by atoms with Gasteiger partial charge in [-0.15, -0.1) is 0 Å². The Morgan fingerprint density at radius 3 is 2.71 bits per heavy atom. The van der Waals surface area contributed by atoms with Gasteiger partial charge in [0.25, 0.3) is 0 Å². The van der Waals surface area contributed by atoms with Crippen molar-refractivity contribution < 1.29 is 9.47 Å². The van der Waals surface area contributed by atoms with Gasteiger partial charge in [0.1, 0.15) is 6.10 Å². The summed E-state index contributed by atoms with van der Waals surface area (Å²) in [7, 11) is 0. The van der Waals surface area contributed by atoms with E-state index in [1.165, 1.54) is 32.1 Å². The van der Waals surface area contributed by atoms with E-state index in [0.29, 0.717) is 6.10 Å². The summed E-state index contributed by atoms with van der Waals surface area (Å²) in [6.45, 7) is 7.18. The van der Waals surface area contributed by atoms with Crippen LogP contribution in [-0.4, -0.2) is 25.9 Å². The van der Waals surface area contributed by atoms with Gasteiger partial charge in [0.2, 0.25) is 0 Å². The van der Waals surface area contributed by atoms with Gasteiger partial charge in [-0.05, 0) is 12.3 Å². The second-order valence-corrected chi connectivity index (χ2v) is 4.24. The van der Waals surface area contributed by atoms with Gasteiger partial charge in [0.05, 0.1) is 13.2 Å². The highest BCUT2D eigenvalue weighted by Crippen LogP contribution is 2.17. The van der Waals surface area contributed by atoms with Crippen molar-refractivity contribution in [1.82, 2.24) is 0 Å². The van der Waals surface area contributed by atoms with Crippen molar-refractivity contribution >= 4 is 0 Å². The molecule has 0 radical (unpaired) electrons. The van der Waals surface area contributed by atoms with Crippen LogP contribution in [0.3, 0.4) is 0 Å². The maximum Gasteiger partial charge on any atom is 0.104 e. The Hall–Kier alpha value is -0.0800. The first-order chi connectivity index (χ1) is 6.86. The number of rotatable bonds is 9. The first kappa shape index (κ1) is 12.0. The van der Waals surface area contributed by atoms with Crippen molar-refractivity contribution in [1.29, 1.82) is 0 Å². The van der Waals surface area contributed by atoms with Crippen LogP contribution in [0.5, 0.6) is 0 Å². The molecule has 0 aliphatic carbocycles. The SMILES string of the molecule is CCCCC(CC)CCOCC1CO1. The van der Waals surface area contributed by atoms with Crippen molar-refractivity contribution in [3.63, 3.8) is 0 Å². The van der Waals surface area contributed by atoms with Gasteiger partial charge < -0.3 is 9.47 Å². The molecular weight excluding hydrogens is 176 g/mol. The van der Waals surface area contributed by atoms with Crippen LogP contribution in [0.15, 0.2) is 0 Å². The molecule has 84 valence electrons. The molecule has 0 aromatic heterocycles. The zero-order valence-electron chi connectivity index (χ0n) is 9.63. The van der Waals surface area contributed by atoms with Crippen LogP contribution in [-0.2, 0) is 9.47 Å². The molecule has 14 heavy (non-hydrogen) atoms. The van der Waals surface area contributed by atoms with Crippen LogP contribution in [0.2, 0.25) is 0 Å². The van der Waals surface area contributed by atoms with E-state index >= 15 is 0 Å². The molecule has 2 unspecified atom stereocenters. The maximum atomic E-state index is 5.54. The number of hydrogen-bond acceptors (Lipinski definition) is 2. The topological polar surface area (TPSA) is 21.8 Å². The molecule has 1 heterocycles. The van der Waals surface area contributed by atoms with Crippen molar-refractivity contribution in [2.45, 2.75) is 52.1 Å². The molecule has 1 aliphatic rings. The average molecular weight is 200 g/mol. The summed E-state index contributed by atoms with van der Waals surface area (Å²) >= 11 is 0. The molecule has 1 aliphatic heterocycles. The van der Waals surface area contributed by atoms with Crippen molar-refractivity contribution in [3.8, 4) is 0 Å². The Morgan fingerprint density at radius 1 is 1.36 bits per heavy atom. The van der Waals surface area contributed by atoms with Gasteiger partial charge >= 0.3 is 0 Å². The van der Waals surface area contributed by atoms with E-state index < -0.39 is 0 Å². The van der Waals surface area contributed by atoms with Gasteiger partial charge in [0.15, 0.2) is 0 Å². The first-order valence-electron chi connectivity index (χ1n) is 6.06. The average Bonchev–Trinajstić information content (AvgIpc) is 3.01. The summed E-state index contributed by atoms with van der Waals surface area (Å²) in [5.41, 5.74) is 0. The Morgan fingerprint density at radius 2 is 2.14 bits per heavy atom. The second kappa shape index (κ2) is 7.24. The monoisotopic (exact) mass is 200 g/mol. The predicted octanol–water partition coefficient (Wildman–Crippen LogP) is 3.01. The van der Waals surface area contributed by atoms with Gasteiger partial charge in [-0.3, -0.25) is 0 Å². The number of epoxide rings is 1. The fraction of sp³-hybridized carbons (Fsp3) is 1.00. The summed E-state index contributed by atoms with van der Waals surface area (Å²) in [6, 6.07) is 0. The molecule has 2 nitrogen and oxygen atoms in total. The molecule has 1 saturated heterocycles. The van der Waals surface area contributed by atoms with Crippen LogP contribution < -0.4 is 0 Å². The Balaban J connectivity index is 1.89. The lowest BCUT2D eigenvalue weighted by molar-refractivity contribution is 0.102. The lowest BCUT2D eigenvalue weighted by Gasteiger charge is -2.13. The zero-order valence-corrected chi connectivity index (χ0v) is 9.63. The fourth-order valence-corrected chi connectivity index (χ4v) is 1.67. The molecule has 2 atom stereocenters. The molecule has 0 saturated carbocycles. The zero-order chi connectivity index (χ0) is 10.2. The molecule has 0 spiro atoms. The summed E-state index contributed by atoms with van der Waals surface area (Å²) in [6.07, 6.45) is 6.99. The summed E-state index contributed by atoms with van der Waals surface area (Å²) in [5.74, 6) is 0.870. The summed E-state index contributed by atoms with van der Waals surface area (Å²) in [5, 5.41) is 0.